The molecule has 266 valence electrons. The van der Waals surface area contributed by atoms with Crippen LogP contribution in [-0.4, -0.2) is 19.5 Å². The van der Waals surface area contributed by atoms with E-state index < -0.39 is 0 Å². The number of nitrogens with zero attached hydrogens (tertiary/aromatic N) is 4. The number of rotatable bonds is 5. The number of aromatic nitrogens is 4. The maximum Gasteiger partial charge on any atom is 0.165 e. The van der Waals surface area contributed by atoms with Gasteiger partial charge >= 0.3 is 0 Å². The summed E-state index contributed by atoms with van der Waals surface area (Å²) in [7, 11) is 0. The molecule has 6 heteroatoms. The first-order valence-corrected chi connectivity index (χ1v) is 20.7. The van der Waals surface area contributed by atoms with Gasteiger partial charge in [-0.1, -0.05) is 121 Å². The van der Waals surface area contributed by atoms with E-state index >= 15 is 0 Å². The van der Waals surface area contributed by atoms with Crippen molar-refractivity contribution >= 4 is 84.8 Å². The Hall–Kier alpha value is -6.99. The standard InChI is InChI=1S/C51H30N4S2/c1-3-14-31(15-4-1)49-52-50(54-51(53-49)39-23-11-22-37-34-18-8-10-26-43(34)57-48(37)39)32-28-29-44-40(30-32)47-36(21-13-27-45(47)56-44)35-20-12-25-42-46(35)38-19-7-9-24-41(38)55(42)33-16-5-2-6-17-33/h1-30H. The monoisotopic (exact) mass is 762 g/mol. The molecule has 12 aromatic rings. The van der Waals surface area contributed by atoms with Gasteiger partial charge in [0.15, 0.2) is 17.5 Å². The molecule has 4 heterocycles. The second-order valence-corrected chi connectivity index (χ2v) is 16.5. The van der Waals surface area contributed by atoms with Gasteiger partial charge in [0.2, 0.25) is 0 Å². The van der Waals surface area contributed by atoms with Gasteiger partial charge in [0.05, 0.1) is 11.0 Å². The molecule has 0 saturated carbocycles. The van der Waals surface area contributed by atoms with E-state index in [1.807, 2.05) is 29.5 Å². The lowest BCUT2D eigenvalue weighted by atomic mass is 9.95. The van der Waals surface area contributed by atoms with Crippen LogP contribution in [0.3, 0.4) is 0 Å². The number of benzene rings is 8. The number of thiophene rings is 2. The summed E-state index contributed by atoms with van der Waals surface area (Å²) in [6, 6.07) is 64.9. The smallest absolute Gasteiger partial charge is 0.165 e. The normalized spacial score (nSPS) is 11.9. The third-order valence-corrected chi connectivity index (χ3v) is 13.4. The van der Waals surface area contributed by atoms with Gasteiger partial charge in [0.1, 0.15) is 0 Å². The predicted octanol–water partition coefficient (Wildman–Crippen LogP) is 14.4. The molecule has 0 radical (unpaired) electrons. The Morgan fingerprint density at radius 3 is 1.81 bits per heavy atom. The summed E-state index contributed by atoms with van der Waals surface area (Å²) in [4.78, 5) is 15.6. The Kier molecular flexibility index (Phi) is 7.24. The van der Waals surface area contributed by atoms with Crippen molar-refractivity contribution in [2.75, 3.05) is 0 Å². The highest BCUT2D eigenvalue weighted by molar-refractivity contribution is 7.26. The van der Waals surface area contributed by atoms with Crippen molar-refractivity contribution < 1.29 is 0 Å². The maximum atomic E-state index is 5.26. The lowest BCUT2D eigenvalue weighted by molar-refractivity contribution is 1.08. The summed E-state index contributed by atoms with van der Waals surface area (Å²) in [5.74, 6) is 1.99. The highest BCUT2D eigenvalue weighted by Crippen LogP contribution is 2.46. The van der Waals surface area contributed by atoms with Crippen LogP contribution < -0.4 is 0 Å². The Labute approximate surface area is 335 Å². The SMILES string of the molecule is c1ccc(-c2nc(-c3ccc4sc5cccc(-c6cccc7c6c6ccccc6n7-c6ccccc6)c5c4c3)nc(-c3cccc4c3sc3ccccc34)n2)cc1. The molecule has 8 aromatic carbocycles. The minimum absolute atomic E-state index is 0.656. The van der Waals surface area contributed by atoms with Gasteiger partial charge in [-0.05, 0) is 71.8 Å². The fraction of sp³-hybridized carbons (Fsp3) is 0. The minimum atomic E-state index is 0.656. The molecular weight excluding hydrogens is 733 g/mol. The zero-order chi connectivity index (χ0) is 37.5. The third-order valence-electron chi connectivity index (χ3n) is 11.1. The summed E-state index contributed by atoms with van der Waals surface area (Å²) in [6.07, 6.45) is 0. The van der Waals surface area contributed by atoms with E-state index in [4.69, 9.17) is 15.0 Å². The molecule has 0 aliphatic carbocycles. The number of hydrogen-bond acceptors (Lipinski definition) is 5. The molecular formula is C51H30N4S2. The average Bonchev–Trinajstić information content (AvgIpc) is 3.96. The second-order valence-electron chi connectivity index (χ2n) is 14.3. The molecule has 12 rings (SSSR count). The predicted molar refractivity (Wildman–Crippen MR) is 242 cm³/mol. The van der Waals surface area contributed by atoms with Crippen molar-refractivity contribution in [3.8, 4) is 51.0 Å². The second kappa shape index (κ2) is 12.8. The molecule has 0 aliphatic rings. The molecule has 0 saturated heterocycles. The van der Waals surface area contributed by atoms with Gasteiger partial charge in [0.25, 0.3) is 0 Å². The highest BCUT2D eigenvalue weighted by Gasteiger charge is 2.21. The molecule has 0 unspecified atom stereocenters. The van der Waals surface area contributed by atoms with Gasteiger partial charge in [-0.2, -0.15) is 0 Å². The minimum Gasteiger partial charge on any atom is -0.309 e. The van der Waals surface area contributed by atoms with Crippen LogP contribution in [0.25, 0.3) is 113 Å². The topological polar surface area (TPSA) is 43.6 Å². The van der Waals surface area contributed by atoms with Crippen molar-refractivity contribution in [2.24, 2.45) is 0 Å². The van der Waals surface area contributed by atoms with Crippen molar-refractivity contribution in [2.45, 2.75) is 0 Å². The van der Waals surface area contributed by atoms with E-state index in [9.17, 15) is 0 Å². The summed E-state index contributed by atoms with van der Waals surface area (Å²) < 4.78 is 7.30. The summed E-state index contributed by atoms with van der Waals surface area (Å²) in [6.45, 7) is 0. The number of fused-ring (bicyclic) bond motifs is 9. The first kappa shape index (κ1) is 32.3. The van der Waals surface area contributed by atoms with Crippen LogP contribution in [0, 0.1) is 0 Å². The quantitative estimate of drug-likeness (QED) is 0.175. The highest BCUT2D eigenvalue weighted by atomic mass is 32.1. The fourth-order valence-corrected chi connectivity index (χ4v) is 10.9. The first-order valence-electron chi connectivity index (χ1n) is 19.0. The van der Waals surface area contributed by atoms with Crippen LogP contribution in [-0.2, 0) is 0 Å². The van der Waals surface area contributed by atoms with E-state index in [0.717, 1.165) is 22.4 Å². The molecule has 4 nitrogen and oxygen atoms in total. The molecule has 0 aliphatic heterocycles. The molecule has 4 aromatic heterocycles. The van der Waals surface area contributed by atoms with Crippen molar-refractivity contribution in [1.29, 1.82) is 0 Å². The van der Waals surface area contributed by atoms with Gasteiger partial charge < -0.3 is 4.57 Å². The van der Waals surface area contributed by atoms with E-state index in [-0.39, 0.29) is 0 Å². The van der Waals surface area contributed by atoms with Crippen LogP contribution >= 0.6 is 22.7 Å². The van der Waals surface area contributed by atoms with Crippen LogP contribution in [0.1, 0.15) is 0 Å². The van der Waals surface area contributed by atoms with Crippen LogP contribution in [0.5, 0.6) is 0 Å². The fourth-order valence-electron chi connectivity index (χ4n) is 8.55. The van der Waals surface area contributed by atoms with Crippen molar-refractivity contribution in [3.05, 3.63) is 182 Å². The van der Waals surface area contributed by atoms with E-state index in [2.05, 4.69) is 168 Å². The van der Waals surface area contributed by atoms with Gasteiger partial charge in [0, 0.05) is 73.5 Å². The lowest BCUT2D eigenvalue weighted by Crippen LogP contribution is -2.00. The molecule has 0 atom stereocenters. The summed E-state index contributed by atoms with van der Waals surface area (Å²) in [5, 5.41) is 7.41. The molecule has 0 fully saturated rings. The summed E-state index contributed by atoms with van der Waals surface area (Å²) >= 11 is 3.62. The maximum absolute atomic E-state index is 5.26. The Morgan fingerprint density at radius 2 is 0.947 bits per heavy atom. The molecule has 0 amide bonds. The van der Waals surface area contributed by atoms with Gasteiger partial charge in [-0.15, -0.1) is 22.7 Å². The zero-order valence-electron chi connectivity index (χ0n) is 30.4. The Bertz CT molecular complexity index is 3530. The molecule has 0 N–H and O–H groups in total. The van der Waals surface area contributed by atoms with Gasteiger partial charge in [-0.25, -0.2) is 15.0 Å². The Balaban J connectivity index is 1.09. The lowest BCUT2D eigenvalue weighted by Gasteiger charge is -2.11. The number of hydrogen-bond donors (Lipinski definition) is 0. The largest absolute Gasteiger partial charge is 0.309 e. The van der Waals surface area contributed by atoms with E-state index in [0.29, 0.717) is 17.5 Å². The first-order chi connectivity index (χ1) is 28.3. The zero-order valence-corrected chi connectivity index (χ0v) is 32.1. The third kappa shape index (κ3) is 5.08. The Morgan fingerprint density at radius 1 is 0.351 bits per heavy atom. The van der Waals surface area contributed by atoms with E-state index in [1.54, 1.807) is 11.3 Å². The van der Waals surface area contributed by atoms with Gasteiger partial charge in [-0.3, -0.25) is 0 Å². The van der Waals surface area contributed by atoms with Crippen molar-refractivity contribution in [1.82, 2.24) is 19.5 Å². The molecule has 0 bridgehead atoms. The average molecular weight is 763 g/mol. The molecule has 57 heavy (non-hydrogen) atoms. The summed E-state index contributed by atoms with van der Waals surface area (Å²) in [5.41, 5.74) is 8.91. The number of para-hydroxylation sites is 2. The van der Waals surface area contributed by atoms with E-state index in [1.165, 1.54) is 73.3 Å². The van der Waals surface area contributed by atoms with Crippen LogP contribution in [0.4, 0.5) is 0 Å². The van der Waals surface area contributed by atoms with Crippen LogP contribution in [0.2, 0.25) is 0 Å². The van der Waals surface area contributed by atoms with Crippen molar-refractivity contribution in [3.63, 3.8) is 0 Å². The molecule has 0 spiro atoms. The van der Waals surface area contributed by atoms with Crippen LogP contribution in [0.15, 0.2) is 182 Å².